The van der Waals surface area contributed by atoms with E-state index in [4.69, 9.17) is 4.74 Å². The number of ether oxygens (including phenoxy) is 1. The molecular formula is C23H19F8N3O2S. The number of aromatic nitrogens is 1. The van der Waals surface area contributed by atoms with Crippen LogP contribution in [0.3, 0.4) is 0 Å². The molecule has 1 aliphatic rings. The van der Waals surface area contributed by atoms with Gasteiger partial charge in [-0.25, -0.2) is 13.8 Å². The number of amides is 1. The summed E-state index contributed by atoms with van der Waals surface area (Å²) in [6.45, 7) is 2.53. The molecule has 4 rings (SSSR count). The maximum Gasteiger partial charge on any atom is 0.416 e. The Balaban J connectivity index is 1.72. The molecule has 3 aromatic rings. The van der Waals surface area contributed by atoms with Gasteiger partial charge in [0.2, 0.25) is 0 Å². The van der Waals surface area contributed by atoms with Crippen LogP contribution in [0.4, 0.5) is 40.3 Å². The molecule has 0 radical (unpaired) electrons. The number of halogens is 8. The fourth-order valence-electron chi connectivity index (χ4n) is 3.86. The van der Waals surface area contributed by atoms with E-state index in [1.807, 2.05) is 4.90 Å². The van der Waals surface area contributed by atoms with E-state index in [1.165, 1.54) is 0 Å². The van der Waals surface area contributed by atoms with Crippen LogP contribution in [0, 0.1) is 11.6 Å². The third kappa shape index (κ3) is 6.36. The molecule has 37 heavy (non-hydrogen) atoms. The average Bonchev–Trinajstić information content (AvgIpc) is 3.25. The molecule has 5 nitrogen and oxygen atoms in total. The molecule has 0 saturated carbocycles. The van der Waals surface area contributed by atoms with E-state index in [0.29, 0.717) is 62.4 Å². The van der Waals surface area contributed by atoms with Gasteiger partial charge < -0.3 is 4.74 Å². The van der Waals surface area contributed by atoms with Crippen molar-refractivity contribution in [2.24, 2.45) is 0 Å². The fraction of sp³-hybridized carbons (Fsp3) is 0.391. The molecule has 0 aliphatic carbocycles. The largest absolute Gasteiger partial charge is 0.416 e. The molecule has 200 valence electrons. The van der Waals surface area contributed by atoms with E-state index in [2.05, 4.69) is 4.98 Å². The van der Waals surface area contributed by atoms with Crippen LogP contribution in [0.2, 0.25) is 0 Å². The first-order valence-corrected chi connectivity index (χ1v) is 11.8. The van der Waals surface area contributed by atoms with Crippen molar-refractivity contribution in [2.75, 3.05) is 44.3 Å². The molecule has 0 atom stereocenters. The Morgan fingerprint density at radius 1 is 0.973 bits per heavy atom. The van der Waals surface area contributed by atoms with Gasteiger partial charge in [0.05, 0.1) is 29.0 Å². The van der Waals surface area contributed by atoms with Gasteiger partial charge in [0.1, 0.15) is 11.3 Å². The van der Waals surface area contributed by atoms with E-state index in [9.17, 15) is 39.9 Å². The SMILES string of the molecule is O=C(c1cc(C(F)(F)F)cc(C(F)(F)F)c1)N(CCCN1CCOCC1)c1nc2c(F)cc(F)cc2s1. The molecule has 1 fully saturated rings. The highest BCUT2D eigenvalue weighted by Gasteiger charge is 2.38. The lowest BCUT2D eigenvalue weighted by atomic mass is 10.0. The second-order valence-electron chi connectivity index (χ2n) is 8.29. The molecule has 0 N–H and O–H groups in total. The van der Waals surface area contributed by atoms with Crippen molar-refractivity contribution >= 4 is 32.6 Å². The van der Waals surface area contributed by atoms with E-state index in [1.54, 1.807) is 0 Å². The van der Waals surface area contributed by atoms with Crippen LogP contribution in [0.25, 0.3) is 10.2 Å². The van der Waals surface area contributed by atoms with Crippen LogP contribution >= 0.6 is 11.3 Å². The summed E-state index contributed by atoms with van der Waals surface area (Å²) in [5.74, 6) is -3.10. The number of carbonyl (C=O) groups is 1. The number of hydrogen-bond acceptors (Lipinski definition) is 5. The lowest BCUT2D eigenvalue weighted by Crippen LogP contribution is -2.39. The second-order valence-corrected chi connectivity index (χ2v) is 9.30. The first-order chi connectivity index (χ1) is 17.3. The molecule has 14 heteroatoms. The van der Waals surface area contributed by atoms with Crippen LogP contribution in [0.1, 0.15) is 27.9 Å². The summed E-state index contributed by atoms with van der Waals surface area (Å²) >= 11 is 0.698. The van der Waals surface area contributed by atoms with E-state index >= 15 is 0 Å². The molecule has 0 bridgehead atoms. The summed E-state index contributed by atoms with van der Waals surface area (Å²) in [6.07, 6.45) is -10.0. The zero-order valence-electron chi connectivity index (χ0n) is 18.9. The number of carbonyl (C=O) groups excluding carboxylic acids is 1. The highest BCUT2D eigenvalue weighted by molar-refractivity contribution is 7.22. The minimum Gasteiger partial charge on any atom is -0.379 e. The Kier molecular flexibility index (Phi) is 7.72. The molecule has 1 aliphatic heterocycles. The number of hydrogen-bond donors (Lipinski definition) is 0. The molecule has 0 spiro atoms. The highest BCUT2D eigenvalue weighted by atomic mass is 32.1. The Bertz CT molecular complexity index is 1250. The summed E-state index contributed by atoms with van der Waals surface area (Å²) < 4.78 is 113. The molecule has 1 amide bonds. The Morgan fingerprint density at radius 3 is 2.19 bits per heavy atom. The van der Waals surface area contributed by atoms with Gasteiger partial charge in [0.15, 0.2) is 10.9 Å². The predicted molar refractivity (Wildman–Crippen MR) is 120 cm³/mol. The third-order valence-electron chi connectivity index (χ3n) is 5.67. The van der Waals surface area contributed by atoms with Crippen LogP contribution < -0.4 is 4.90 Å². The van der Waals surface area contributed by atoms with Crippen molar-refractivity contribution < 1.29 is 44.7 Å². The van der Waals surface area contributed by atoms with Crippen molar-refractivity contribution in [1.82, 2.24) is 9.88 Å². The van der Waals surface area contributed by atoms with Gasteiger partial charge in [0, 0.05) is 37.8 Å². The molecule has 2 aromatic carbocycles. The van der Waals surface area contributed by atoms with Crippen molar-refractivity contribution in [1.29, 1.82) is 0 Å². The first kappa shape index (κ1) is 27.2. The smallest absolute Gasteiger partial charge is 0.379 e. The highest BCUT2D eigenvalue weighted by Crippen LogP contribution is 2.37. The first-order valence-electron chi connectivity index (χ1n) is 11.0. The summed E-state index contributed by atoms with van der Waals surface area (Å²) in [7, 11) is 0. The number of alkyl halides is 6. The normalized spacial score (nSPS) is 15.4. The third-order valence-corrected chi connectivity index (χ3v) is 6.70. The second kappa shape index (κ2) is 10.5. The van der Waals surface area contributed by atoms with Gasteiger partial charge in [-0.1, -0.05) is 11.3 Å². The van der Waals surface area contributed by atoms with Crippen molar-refractivity contribution in [3.63, 3.8) is 0 Å². The number of nitrogens with zero attached hydrogens (tertiary/aromatic N) is 3. The monoisotopic (exact) mass is 553 g/mol. The lowest BCUT2D eigenvalue weighted by molar-refractivity contribution is -0.143. The summed E-state index contributed by atoms with van der Waals surface area (Å²) in [5.41, 5.74) is -4.42. The molecule has 1 saturated heterocycles. The van der Waals surface area contributed by atoms with Gasteiger partial charge in [-0.15, -0.1) is 0 Å². The predicted octanol–water partition coefficient (Wildman–Crippen LogP) is 5.98. The standard InChI is InChI=1S/C23H19F8N3O2S/c24-16-11-17(25)19-18(12-16)37-21(32-19)34(3-1-2-33-4-6-36-7-5-33)20(35)13-8-14(22(26,27)28)10-15(9-13)23(29,30)31/h8-12H,1-7H2. The average molecular weight is 553 g/mol. The number of anilines is 1. The lowest BCUT2D eigenvalue weighted by Gasteiger charge is -2.28. The van der Waals surface area contributed by atoms with Crippen molar-refractivity contribution in [2.45, 2.75) is 18.8 Å². The molecule has 1 aromatic heterocycles. The minimum atomic E-state index is -5.14. The summed E-state index contributed by atoms with van der Waals surface area (Å²) in [6, 6.07) is 2.15. The van der Waals surface area contributed by atoms with E-state index < -0.39 is 46.6 Å². The zero-order chi connectivity index (χ0) is 27.0. The molecule has 0 unspecified atom stereocenters. The van der Waals surface area contributed by atoms with Gasteiger partial charge in [0.25, 0.3) is 5.91 Å². The number of thiazole rings is 1. The van der Waals surface area contributed by atoms with Crippen LogP contribution in [-0.4, -0.2) is 55.2 Å². The van der Waals surface area contributed by atoms with Crippen molar-refractivity contribution in [3.05, 3.63) is 58.7 Å². The van der Waals surface area contributed by atoms with Crippen LogP contribution in [0.5, 0.6) is 0 Å². The van der Waals surface area contributed by atoms with Gasteiger partial charge in [-0.2, -0.15) is 26.3 Å². The topological polar surface area (TPSA) is 45.7 Å². The fourth-order valence-corrected chi connectivity index (χ4v) is 4.89. The van der Waals surface area contributed by atoms with Crippen molar-refractivity contribution in [3.8, 4) is 0 Å². The van der Waals surface area contributed by atoms with E-state index in [-0.39, 0.29) is 34.4 Å². The Hall–Kier alpha value is -2.84. The van der Waals surface area contributed by atoms with Gasteiger partial charge >= 0.3 is 12.4 Å². The number of morpholine rings is 1. The van der Waals surface area contributed by atoms with Gasteiger partial charge in [-0.3, -0.25) is 14.6 Å². The van der Waals surface area contributed by atoms with Crippen LogP contribution in [-0.2, 0) is 17.1 Å². The number of benzene rings is 2. The number of fused-ring (bicyclic) bond motifs is 1. The molecular weight excluding hydrogens is 534 g/mol. The zero-order valence-corrected chi connectivity index (χ0v) is 19.7. The molecule has 2 heterocycles. The van der Waals surface area contributed by atoms with E-state index in [0.717, 1.165) is 11.0 Å². The summed E-state index contributed by atoms with van der Waals surface area (Å²) in [4.78, 5) is 20.3. The van der Waals surface area contributed by atoms with Gasteiger partial charge in [-0.05, 0) is 30.7 Å². The Labute approximate surface area is 209 Å². The quantitative estimate of drug-likeness (QED) is 0.353. The Morgan fingerprint density at radius 2 is 1.59 bits per heavy atom. The summed E-state index contributed by atoms with van der Waals surface area (Å²) in [5, 5.41) is -0.183. The maximum absolute atomic E-state index is 14.2. The minimum absolute atomic E-state index is 0.0264. The maximum atomic E-state index is 14.2. The number of rotatable bonds is 6. The van der Waals surface area contributed by atoms with Crippen LogP contribution in [0.15, 0.2) is 30.3 Å².